The molecule has 0 unspecified atom stereocenters. The Labute approximate surface area is 256 Å². The number of benzene rings is 4. The van der Waals surface area contributed by atoms with Crippen molar-refractivity contribution >= 4 is 17.6 Å². The molecule has 0 spiro atoms. The lowest BCUT2D eigenvalue weighted by atomic mass is 9.90. The van der Waals surface area contributed by atoms with E-state index >= 15 is 0 Å². The van der Waals surface area contributed by atoms with Gasteiger partial charge in [0.25, 0.3) is 0 Å². The highest BCUT2D eigenvalue weighted by Crippen LogP contribution is 2.37. The normalized spacial score (nSPS) is 11.6. The molecule has 4 rings (SSSR count). The van der Waals surface area contributed by atoms with E-state index in [4.69, 9.17) is 21.1 Å². The zero-order valence-electron chi connectivity index (χ0n) is 24.0. The van der Waals surface area contributed by atoms with Gasteiger partial charge in [0.05, 0.1) is 30.2 Å². The number of alkyl halides is 3. The molecule has 4 nitrogen and oxygen atoms in total. The van der Waals surface area contributed by atoms with Crippen LogP contribution >= 0.6 is 11.6 Å². The molecule has 0 radical (unpaired) electrons. The van der Waals surface area contributed by atoms with Crippen LogP contribution in [0.15, 0.2) is 103 Å². The molecule has 0 aliphatic rings. The molecule has 8 heteroatoms. The first-order chi connectivity index (χ1) is 20.7. The second kappa shape index (κ2) is 15.6. The third-order valence-electron chi connectivity index (χ3n) is 7.06. The fraction of sp³-hybridized carbons (Fsp3) is 0.286. The summed E-state index contributed by atoms with van der Waals surface area (Å²) >= 11 is 6.32. The first-order valence-corrected chi connectivity index (χ1v) is 14.7. The van der Waals surface area contributed by atoms with E-state index in [1.54, 1.807) is 13.0 Å². The van der Waals surface area contributed by atoms with Crippen LogP contribution in [-0.2, 0) is 28.7 Å². The van der Waals surface area contributed by atoms with Crippen molar-refractivity contribution in [3.8, 4) is 5.75 Å². The molecule has 0 amide bonds. The highest BCUT2D eigenvalue weighted by atomic mass is 35.5. The van der Waals surface area contributed by atoms with Crippen molar-refractivity contribution in [2.45, 2.75) is 38.4 Å². The average molecular weight is 610 g/mol. The number of ether oxygens (including phenoxy) is 2. The first-order valence-electron chi connectivity index (χ1n) is 14.3. The summed E-state index contributed by atoms with van der Waals surface area (Å²) in [6, 6.07) is 31.5. The van der Waals surface area contributed by atoms with E-state index in [2.05, 4.69) is 29.2 Å². The minimum Gasteiger partial charge on any atom is -0.494 e. The van der Waals surface area contributed by atoms with E-state index in [0.29, 0.717) is 44.0 Å². The third-order valence-corrected chi connectivity index (χ3v) is 7.51. The summed E-state index contributed by atoms with van der Waals surface area (Å²) in [6.07, 6.45) is -3.75. The van der Waals surface area contributed by atoms with Gasteiger partial charge in [-0.05, 0) is 53.8 Å². The Morgan fingerprint density at radius 2 is 1.53 bits per heavy atom. The molecule has 0 atom stereocenters. The SMILES string of the molecule is CCOC(=O)Cc1cccc(OCCCN(Cc2cccc(C(F)(F)F)c2Cl)CC(c2ccccc2)c2ccccc2)c1. The molecule has 0 aliphatic carbocycles. The van der Waals surface area contributed by atoms with Crippen molar-refractivity contribution in [3.63, 3.8) is 0 Å². The number of halogens is 4. The van der Waals surface area contributed by atoms with Gasteiger partial charge in [-0.15, -0.1) is 0 Å². The number of carbonyl (C=O) groups is 1. The van der Waals surface area contributed by atoms with Crippen molar-refractivity contribution in [1.29, 1.82) is 0 Å². The molecule has 0 bridgehead atoms. The maximum absolute atomic E-state index is 13.6. The van der Waals surface area contributed by atoms with Gasteiger partial charge in [-0.2, -0.15) is 13.2 Å². The summed E-state index contributed by atoms with van der Waals surface area (Å²) in [6.45, 7) is 3.85. The van der Waals surface area contributed by atoms with E-state index in [1.165, 1.54) is 6.07 Å². The Bertz CT molecular complexity index is 1410. The lowest BCUT2D eigenvalue weighted by Crippen LogP contribution is -2.31. The van der Waals surface area contributed by atoms with Gasteiger partial charge in [0.1, 0.15) is 5.75 Å². The Balaban J connectivity index is 1.51. The molecule has 0 aromatic heterocycles. The van der Waals surface area contributed by atoms with Crippen LogP contribution in [-0.4, -0.2) is 37.2 Å². The molecule has 0 fully saturated rings. The molecule has 0 heterocycles. The van der Waals surface area contributed by atoms with Gasteiger partial charge in [-0.1, -0.05) is 96.5 Å². The van der Waals surface area contributed by atoms with Gasteiger partial charge >= 0.3 is 12.1 Å². The lowest BCUT2D eigenvalue weighted by molar-refractivity contribution is -0.142. The summed E-state index contributed by atoms with van der Waals surface area (Å²) in [7, 11) is 0. The summed E-state index contributed by atoms with van der Waals surface area (Å²) in [5.74, 6) is 0.336. The highest BCUT2D eigenvalue weighted by molar-refractivity contribution is 6.32. The number of hydrogen-bond acceptors (Lipinski definition) is 4. The monoisotopic (exact) mass is 609 g/mol. The second-order valence-corrected chi connectivity index (χ2v) is 10.6. The van der Waals surface area contributed by atoms with Gasteiger partial charge in [0.2, 0.25) is 0 Å². The molecule has 0 saturated heterocycles. The van der Waals surface area contributed by atoms with Crippen molar-refractivity contribution in [2.24, 2.45) is 0 Å². The Morgan fingerprint density at radius 1 is 0.884 bits per heavy atom. The second-order valence-electron chi connectivity index (χ2n) is 10.2. The van der Waals surface area contributed by atoms with Crippen LogP contribution in [0.5, 0.6) is 5.75 Å². The zero-order chi connectivity index (χ0) is 30.7. The predicted molar refractivity (Wildman–Crippen MR) is 163 cm³/mol. The Morgan fingerprint density at radius 3 is 2.16 bits per heavy atom. The van der Waals surface area contributed by atoms with Crippen LogP contribution in [0.3, 0.4) is 0 Å². The van der Waals surface area contributed by atoms with Crippen LogP contribution in [0, 0.1) is 0 Å². The Kier molecular flexibility index (Phi) is 11.6. The summed E-state index contributed by atoms with van der Waals surface area (Å²) < 4.78 is 51.9. The van der Waals surface area contributed by atoms with Crippen molar-refractivity contribution in [3.05, 3.63) is 136 Å². The summed E-state index contributed by atoms with van der Waals surface area (Å²) in [5, 5.41) is -0.273. The number of nitrogens with zero attached hydrogens (tertiary/aromatic N) is 1. The van der Waals surface area contributed by atoms with E-state index in [-0.39, 0.29) is 29.9 Å². The average Bonchev–Trinajstić information content (AvgIpc) is 2.99. The van der Waals surface area contributed by atoms with E-state index in [0.717, 1.165) is 22.8 Å². The molecule has 226 valence electrons. The molecular weight excluding hydrogens is 575 g/mol. The largest absolute Gasteiger partial charge is 0.494 e. The maximum atomic E-state index is 13.6. The Hall–Kier alpha value is -3.81. The van der Waals surface area contributed by atoms with Crippen molar-refractivity contribution in [2.75, 3.05) is 26.3 Å². The van der Waals surface area contributed by atoms with Gasteiger partial charge in [0, 0.05) is 25.6 Å². The molecule has 0 saturated carbocycles. The molecule has 0 N–H and O–H groups in total. The van der Waals surface area contributed by atoms with Crippen LogP contribution in [0.4, 0.5) is 13.2 Å². The fourth-order valence-corrected chi connectivity index (χ4v) is 5.32. The first kappa shape index (κ1) is 32.1. The standard InChI is InChI=1S/C35H35ClF3NO3/c1-2-42-33(41)23-26-12-9-18-30(22-26)43-21-11-20-40(24-29-17-10-19-32(34(29)36)35(37,38)39)25-31(27-13-5-3-6-14-27)28-15-7-4-8-16-28/h3-10,12-19,22,31H,2,11,20-21,23-25H2,1H3. The number of rotatable bonds is 14. The third kappa shape index (κ3) is 9.60. The summed E-state index contributed by atoms with van der Waals surface area (Å²) in [5.41, 5.74) is 2.61. The minimum atomic E-state index is -4.54. The van der Waals surface area contributed by atoms with E-state index in [9.17, 15) is 18.0 Å². The molecule has 4 aromatic carbocycles. The lowest BCUT2D eigenvalue weighted by Gasteiger charge is -2.29. The quantitative estimate of drug-likeness (QED) is 0.106. The molecule has 4 aromatic rings. The van der Waals surface area contributed by atoms with Crippen molar-refractivity contribution in [1.82, 2.24) is 4.90 Å². The van der Waals surface area contributed by atoms with E-state index < -0.39 is 11.7 Å². The van der Waals surface area contributed by atoms with Gasteiger partial charge in [0.15, 0.2) is 0 Å². The van der Waals surface area contributed by atoms with Gasteiger partial charge in [-0.25, -0.2) is 0 Å². The predicted octanol–water partition coefficient (Wildman–Crippen LogP) is 8.57. The van der Waals surface area contributed by atoms with E-state index in [1.807, 2.05) is 60.7 Å². The smallest absolute Gasteiger partial charge is 0.417 e. The van der Waals surface area contributed by atoms with Crippen LogP contribution < -0.4 is 4.74 Å². The minimum absolute atomic E-state index is 0.00699. The maximum Gasteiger partial charge on any atom is 0.417 e. The number of hydrogen-bond donors (Lipinski definition) is 0. The molecule has 0 aliphatic heterocycles. The fourth-order valence-electron chi connectivity index (χ4n) is 5.03. The topological polar surface area (TPSA) is 38.8 Å². The number of esters is 1. The molecular formula is C35H35ClF3NO3. The highest BCUT2D eigenvalue weighted by Gasteiger charge is 2.34. The van der Waals surface area contributed by atoms with Gasteiger partial charge < -0.3 is 9.47 Å². The number of carbonyl (C=O) groups excluding carboxylic acids is 1. The van der Waals surface area contributed by atoms with Crippen LogP contribution in [0.1, 0.15) is 47.1 Å². The summed E-state index contributed by atoms with van der Waals surface area (Å²) in [4.78, 5) is 14.0. The van der Waals surface area contributed by atoms with Crippen molar-refractivity contribution < 1.29 is 27.4 Å². The van der Waals surface area contributed by atoms with Crippen LogP contribution in [0.25, 0.3) is 0 Å². The van der Waals surface area contributed by atoms with Gasteiger partial charge in [-0.3, -0.25) is 9.69 Å². The van der Waals surface area contributed by atoms with Crippen LogP contribution in [0.2, 0.25) is 5.02 Å². The molecule has 43 heavy (non-hydrogen) atoms. The zero-order valence-corrected chi connectivity index (χ0v) is 24.8.